The van der Waals surface area contributed by atoms with Crippen molar-refractivity contribution in [1.29, 1.82) is 0 Å². The van der Waals surface area contributed by atoms with Crippen molar-refractivity contribution in [2.45, 2.75) is 20.4 Å². The van der Waals surface area contributed by atoms with Gasteiger partial charge in [0.05, 0.1) is 25.6 Å². The van der Waals surface area contributed by atoms with E-state index < -0.39 is 15.9 Å². The number of aryl methyl sites for hydroxylation is 2. The van der Waals surface area contributed by atoms with Crippen molar-refractivity contribution >= 4 is 21.6 Å². The third-order valence-corrected chi connectivity index (χ3v) is 4.56. The average molecular weight is 336 g/mol. The Labute approximate surface area is 136 Å². The quantitative estimate of drug-likeness (QED) is 0.878. The van der Waals surface area contributed by atoms with Gasteiger partial charge in [0.15, 0.2) is 0 Å². The topological polar surface area (TPSA) is 79.6 Å². The lowest BCUT2D eigenvalue weighted by atomic mass is 10.1. The summed E-state index contributed by atoms with van der Waals surface area (Å²) in [6.45, 7) is 3.56. The highest BCUT2D eigenvalue weighted by Crippen LogP contribution is 2.17. The summed E-state index contributed by atoms with van der Waals surface area (Å²) in [5.41, 5.74) is 2.61. The lowest BCUT2D eigenvalue weighted by Gasteiger charge is -2.18. The number of sulfonamides is 1. The highest BCUT2D eigenvalue weighted by atomic mass is 32.2. The molecule has 0 fully saturated rings. The van der Waals surface area contributed by atoms with Crippen LogP contribution < -0.4 is 5.32 Å². The second-order valence-electron chi connectivity index (χ2n) is 5.48. The molecule has 0 unspecified atom stereocenters. The first kappa shape index (κ1) is 17.2. The van der Waals surface area contributed by atoms with E-state index >= 15 is 0 Å². The Kier molecular flexibility index (Phi) is 5.23. The van der Waals surface area contributed by atoms with Gasteiger partial charge in [0.1, 0.15) is 5.76 Å². The smallest absolute Gasteiger partial charge is 0.239 e. The van der Waals surface area contributed by atoms with E-state index in [4.69, 9.17) is 4.42 Å². The molecule has 0 aliphatic carbocycles. The monoisotopic (exact) mass is 336 g/mol. The summed E-state index contributed by atoms with van der Waals surface area (Å²) in [5, 5.41) is 2.76. The van der Waals surface area contributed by atoms with E-state index in [-0.39, 0.29) is 13.1 Å². The van der Waals surface area contributed by atoms with Crippen LogP contribution in [0.15, 0.2) is 41.0 Å². The highest BCUT2D eigenvalue weighted by Gasteiger charge is 2.21. The number of benzene rings is 1. The fraction of sp³-hybridized carbons (Fsp3) is 0.312. The van der Waals surface area contributed by atoms with Gasteiger partial charge >= 0.3 is 0 Å². The number of carbonyl (C=O) groups is 1. The first-order valence-corrected chi connectivity index (χ1v) is 8.95. The third kappa shape index (κ3) is 4.94. The normalized spacial score (nSPS) is 11.7. The summed E-state index contributed by atoms with van der Waals surface area (Å²) in [6.07, 6.45) is 2.53. The molecule has 2 aromatic rings. The molecule has 6 nitrogen and oxygen atoms in total. The molecule has 1 aromatic carbocycles. The van der Waals surface area contributed by atoms with E-state index in [0.717, 1.165) is 21.7 Å². The summed E-state index contributed by atoms with van der Waals surface area (Å²) in [6, 6.07) is 9.05. The molecule has 0 radical (unpaired) electrons. The molecular weight excluding hydrogens is 316 g/mol. The molecule has 1 amide bonds. The van der Waals surface area contributed by atoms with Crippen LogP contribution in [0.2, 0.25) is 0 Å². The zero-order valence-corrected chi connectivity index (χ0v) is 14.2. The van der Waals surface area contributed by atoms with Crippen LogP contribution in [0.25, 0.3) is 0 Å². The molecule has 0 spiro atoms. The summed E-state index contributed by atoms with van der Waals surface area (Å²) in [4.78, 5) is 12.2. The minimum absolute atomic E-state index is 0.0199. The molecular formula is C16H20N2O4S. The van der Waals surface area contributed by atoms with Gasteiger partial charge < -0.3 is 9.73 Å². The molecule has 1 heterocycles. The Hall–Kier alpha value is -2.12. The van der Waals surface area contributed by atoms with E-state index in [1.165, 1.54) is 6.26 Å². The summed E-state index contributed by atoms with van der Waals surface area (Å²) < 4.78 is 30.0. The van der Waals surface area contributed by atoms with E-state index in [0.29, 0.717) is 11.4 Å². The van der Waals surface area contributed by atoms with Crippen molar-refractivity contribution in [3.05, 3.63) is 53.5 Å². The molecule has 0 aliphatic rings. The molecule has 2 rings (SSSR count). The van der Waals surface area contributed by atoms with Crippen molar-refractivity contribution in [2.75, 3.05) is 18.1 Å². The maximum Gasteiger partial charge on any atom is 0.239 e. The largest absolute Gasteiger partial charge is 0.468 e. The average Bonchev–Trinajstić information content (AvgIpc) is 2.94. The van der Waals surface area contributed by atoms with Crippen LogP contribution in [-0.2, 0) is 21.4 Å². The molecule has 0 saturated carbocycles. The van der Waals surface area contributed by atoms with Gasteiger partial charge in [0, 0.05) is 5.69 Å². The maximum absolute atomic E-state index is 12.2. The number of carbonyl (C=O) groups excluding carboxylic acids is 1. The molecule has 0 bridgehead atoms. The number of hydrogen-bond acceptors (Lipinski definition) is 4. The Morgan fingerprint density at radius 3 is 2.61 bits per heavy atom. The predicted molar refractivity (Wildman–Crippen MR) is 88.5 cm³/mol. The predicted octanol–water partition coefficient (Wildman–Crippen LogP) is 2.30. The van der Waals surface area contributed by atoms with Crippen LogP contribution in [0.3, 0.4) is 0 Å². The molecule has 1 N–H and O–H groups in total. The van der Waals surface area contributed by atoms with Crippen molar-refractivity contribution in [1.82, 2.24) is 4.31 Å². The second kappa shape index (κ2) is 6.97. The van der Waals surface area contributed by atoms with Gasteiger partial charge in [0.2, 0.25) is 15.9 Å². The van der Waals surface area contributed by atoms with Crippen LogP contribution in [0.5, 0.6) is 0 Å². The van der Waals surface area contributed by atoms with Crippen LogP contribution in [0.1, 0.15) is 16.9 Å². The van der Waals surface area contributed by atoms with Gasteiger partial charge in [-0.2, -0.15) is 4.31 Å². The van der Waals surface area contributed by atoms with Gasteiger partial charge in [0.25, 0.3) is 0 Å². The minimum Gasteiger partial charge on any atom is -0.468 e. The van der Waals surface area contributed by atoms with Gasteiger partial charge in [-0.3, -0.25) is 4.79 Å². The third-order valence-electron chi connectivity index (χ3n) is 3.37. The van der Waals surface area contributed by atoms with Crippen LogP contribution in [0.4, 0.5) is 5.69 Å². The SMILES string of the molecule is Cc1ccc(C)c(NC(=O)CN(Cc2ccco2)S(C)(=O)=O)c1. The van der Waals surface area contributed by atoms with Gasteiger partial charge in [-0.15, -0.1) is 0 Å². The van der Waals surface area contributed by atoms with Crippen molar-refractivity contribution in [3.63, 3.8) is 0 Å². The Morgan fingerprint density at radius 2 is 2.00 bits per heavy atom. The van der Waals surface area contributed by atoms with Crippen molar-refractivity contribution in [3.8, 4) is 0 Å². The Morgan fingerprint density at radius 1 is 1.26 bits per heavy atom. The van der Waals surface area contributed by atoms with E-state index in [1.54, 1.807) is 12.1 Å². The maximum atomic E-state index is 12.2. The van der Waals surface area contributed by atoms with Crippen LogP contribution in [0, 0.1) is 13.8 Å². The Balaban J connectivity index is 2.10. The number of anilines is 1. The fourth-order valence-corrected chi connectivity index (χ4v) is 2.80. The van der Waals surface area contributed by atoms with Crippen molar-refractivity contribution < 1.29 is 17.6 Å². The summed E-state index contributed by atoms with van der Waals surface area (Å²) in [5.74, 6) is 0.0886. The van der Waals surface area contributed by atoms with E-state index in [1.807, 2.05) is 32.0 Å². The van der Waals surface area contributed by atoms with E-state index in [9.17, 15) is 13.2 Å². The number of furan rings is 1. The molecule has 7 heteroatoms. The second-order valence-corrected chi connectivity index (χ2v) is 7.46. The first-order valence-electron chi connectivity index (χ1n) is 7.10. The fourth-order valence-electron chi connectivity index (χ4n) is 2.09. The summed E-state index contributed by atoms with van der Waals surface area (Å²) >= 11 is 0. The Bertz CT molecular complexity index is 782. The van der Waals surface area contributed by atoms with Crippen molar-refractivity contribution in [2.24, 2.45) is 0 Å². The summed E-state index contributed by atoms with van der Waals surface area (Å²) in [7, 11) is -3.53. The molecule has 0 atom stereocenters. The van der Waals surface area contributed by atoms with E-state index in [2.05, 4.69) is 5.32 Å². The zero-order valence-electron chi connectivity index (χ0n) is 13.4. The molecule has 0 aliphatic heterocycles. The lowest BCUT2D eigenvalue weighted by Crippen LogP contribution is -2.36. The number of hydrogen-bond donors (Lipinski definition) is 1. The zero-order chi connectivity index (χ0) is 17.0. The molecule has 1 aromatic heterocycles. The number of nitrogens with zero attached hydrogens (tertiary/aromatic N) is 1. The molecule has 23 heavy (non-hydrogen) atoms. The lowest BCUT2D eigenvalue weighted by molar-refractivity contribution is -0.116. The minimum atomic E-state index is -3.53. The van der Waals surface area contributed by atoms with Gasteiger partial charge in [-0.25, -0.2) is 8.42 Å². The molecule has 124 valence electrons. The first-order chi connectivity index (χ1) is 10.8. The number of nitrogens with one attached hydrogen (secondary N) is 1. The van der Waals surface area contributed by atoms with Crippen LogP contribution in [-0.4, -0.2) is 31.4 Å². The number of amides is 1. The van der Waals surface area contributed by atoms with Gasteiger partial charge in [-0.05, 0) is 43.2 Å². The standard InChI is InChI=1S/C16H20N2O4S/c1-12-6-7-13(2)15(9-12)17-16(19)11-18(23(3,20)21)10-14-5-4-8-22-14/h4-9H,10-11H2,1-3H3,(H,17,19). The highest BCUT2D eigenvalue weighted by molar-refractivity contribution is 7.88. The van der Waals surface area contributed by atoms with Gasteiger partial charge in [-0.1, -0.05) is 12.1 Å². The number of rotatable bonds is 6. The van der Waals surface area contributed by atoms with Crippen LogP contribution >= 0.6 is 0 Å². The molecule has 0 saturated heterocycles.